The van der Waals surface area contributed by atoms with Gasteiger partial charge in [-0.2, -0.15) is 0 Å². The van der Waals surface area contributed by atoms with Crippen LogP contribution in [0.2, 0.25) is 0 Å². The predicted octanol–water partition coefficient (Wildman–Crippen LogP) is 1.75. The highest BCUT2D eigenvalue weighted by Crippen LogP contribution is 2.35. The van der Waals surface area contributed by atoms with Gasteiger partial charge in [0.05, 0.1) is 19.9 Å². The Labute approximate surface area is 111 Å². The number of nitrogens with two attached hydrogens (primary N) is 1. The number of nitrogen functional groups attached to an aromatic ring is 1. The number of hydrogen-bond donors (Lipinski definition) is 2. The summed E-state index contributed by atoms with van der Waals surface area (Å²) >= 11 is 0. The Morgan fingerprint density at radius 3 is 2.63 bits per heavy atom. The van der Waals surface area contributed by atoms with E-state index in [0.717, 1.165) is 22.6 Å². The lowest BCUT2D eigenvalue weighted by atomic mass is 10.0. The van der Waals surface area contributed by atoms with Crippen LogP contribution in [0.5, 0.6) is 11.5 Å². The molecule has 1 aromatic carbocycles. The van der Waals surface area contributed by atoms with Crippen molar-refractivity contribution in [2.75, 3.05) is 19.6 Å². The molecule has 0 aliphatic rings. The van der Waals surface area contributed by atoms with E-state index in [-0.39, 0.29) is 0 Å². The van der Waals surface area contributed by atoms with Gasteiger partial charge in [0.1, 0.15) is 11.5 Å². The summed E-state index contributed by atoms with van der Waals surface area (Å²) in [6.45, 7) is 1.97. The number of nitrogens with one attached hydrogen (secondary N) is 1. The van der Waals surface area contributed by atoms with Crippen molar-refractivity contribution in [3.05, 3.63) is 30.0 Å². The maximum absolute atomic E-state index is 5.40. The molecule has 0 aliphatic carbocycles. The number of hydrogen-bond acceptors (Lipinski definition) is 6. The fraction of sp³-hybridized carbons (Fsp3) is 0.231. The number of aromatic nitrogens is 2. The number of rotatable bonds is 4. The minimum Gasteiger partial charge on any atom is -0.497 e. The van der Waals surface area contributed by atoms with Crippen molar-refractivity contribution in [3.63, 3.8) is 0 Å². The van der Waals surface area contributed by atoms with Crippen molar-refractivity contribution < 1.29 is 9.47 Å². The van der Waals surface area contributed by atoms with Gasteiger partial charge in [-0.25, -0.2) is 15.8 Å². The van der Waals surface area contributed by atoms with E-state index in [1.54, 1.807) is 26.5 Å². The quantitative estimate of drug-likeness (QED) is 0.644. The van der Waals surface area contributed by atoms with Gasteiger partial charge in [0, 0.05) is 17.8 Å². The third kappa shape index (κ3) is 2.58. The monoisotopic (exact) mass is 260 g/mol. The molecule has 1 aromatic heterocycles. The maximum Gasteiger partial charge on any atom is 0.237 e. The van der Waals surface area contributed by atoms with Crippen molar-refractivity contribution in [1.82, 2.24) is 9.97 Å². The first-order chi connectivity index (χ1) is 9.19. The molecule has 6 heteroatoms. The van der Waals surface area contributed by atoms with Crippen LogP contribution >= 0.6 is 0 Å². The lowest BCUT2D eigenvalue weighted by molar-refractivity contribution is 0.395. The molecule has 3 N–H and O–H groups in total. The Balaban J connectivity index is 2.60. The topological polar surface area (TPSA) is 82.3 Å². The summed E-state index contributed by atoms with van der Waals surface area (Å²) in [6.07, 6.45) is 1.64. The van der Waals surface area contributed by atoms with Gasteiger partial charge in [-0.15, -0.1) is 0 Å². The van der Waals surface area contributed by atoms with Crippen LogP contribution in [0.15, 0.2) is 24.4 Å². The van der Waals surface area contributed by atoms with Gasteiger partial charge in [-0.1, -0.05) is 0 Å². The molecule has 6 nitrogen and oxygen atoms in total. The highest BCUT2D eigenvalue weighted by atomic mass is 16.5. The fourth-order valence-electron chi connectivity index (χ4n) is 1.90. The average molecular weight is 260 g/mol. The molecule has 2 rings (SSSR count). The van der Waals surface area contributed by atoms with Crippen LogP contribution in [0.1, 0.15) is 5.56 Å². The van der Waals surface area contributed by atoms with E-state index in [1.165, 1.54) is 0 Å². The highest BCUT2D eigenvalue weighted by molar-refractivity contribution is 5.72. The molecule has 0 radical (unpaired) electrons. The fourth-order valence-corrected chi connectivity index (χ4v) is 1.90. The largest absolute Gasteiger partial charge is 0.497 e. The number of methoxy groups -OCH3 is 2. The Hall–Kier alpha value is -2.34. The van der Waals surface area contributed by atoms with Crippen LogP contribution in [-0.2, 0) is 0 Å². The van der Waals surface area contributed by atoms with Gasteiger partial charge < -0.3 is 9.47 Å². The second kappa shape index (κ2) is 5.53. The molecular weight excluding hydrogens is 244 g/mol. The summed E-state index contributed by atoms with van der Waals surface area (Å²) in [6, 6.07) is 5.55. The molecule has 0 amide bonds. The Morgan fingerprint density at radius 2 is 2.00 bits per heavy atom. The Bertz CT molecular complexity index is 587. The maximum atomic E-state index is 5.40. The molecule has 0 unspecified atom stereocenters. The van der Waals surface area contributed by atoms with Crippen LogP contribution in [-0.4, -0.2) is 24.2 Å². The van der Waals surface area contributed by atoms with Crippen LogP contribution in [0.3, 0.4) is 0 Å². The average Bonchev–Trinajstić information content (AvgIpc) is 2.46. The summed E-state index contributed by atoms with van der Waals surface area (Å²) in [5, 5.41) is 0. The summed E-state index contributed by atoms with van der Waals surface area (Å²) in [4.78, 5) is 8.31. The van der Waals surface area contributed by atoms with Gasteiger partial charge in [0.2, 0.25) is 5.95 Å². The van der Waals surface area contributed by atoms with Crippen LogP contribution in [0.4, 0.5) is 5.95 Å². The standard InChI is InChI=1S/C13H16N4O2/c1-8-6-9(18-2)7-11(19-3)12(8)10-4-5-15-13(16-10)17-14/h4-7H,14H2,1-3H3,(H,15,16,17). The van der Waals surface area contributed by atoms with Crippen molar-refractivity contribution in [2.24, 2.45) is 5.84 Å². The summed E-state index contributed by atoms with van der Waals surface area (Å²) in [5.41, 5.74) is 5.05. The summed E-state index contributed by atoms with van der Waals surface area (Å²) < 4.78 is 10.6. The van der Waals surface area contributed by atoms with Gasteiger partial charge in [-0.05, 0) is 24.6 Å². The molecule has 0 aliphatic heterocycles. The number of nitrogens with zero attached hydrogens (tertiary/aromatic N) is 2. The molecule has 0 saturated heterocycles. The zero-order chi connectivity index (χ0) is 13.8. The Morgan fingerprint density at radius 1 is 1.21 bits per heavy atom. The molecule has 0 saturated carbocycles. The zero-order valence-corrected chi connectivity index (χ0v) is 11.1. The smallest absolute Gasteiger partial charge is 0.237 e. The third-order valence-electron chi connectivity index (χ3n) is 2.77. The first-order valence-corrected chi connectivity index (χ1v) is 5.72. The van der Waals surface area contributed by atoms with Crippen molar-refractivity contribution in [3.8, 4) is 22.8 Å². The highest BCUT2D eigenvalue weighted by Gasteiger charge is 2.13. The molecule has 0 atom stereocenters. The van der Waals surface area contributed by atoms with E-state index in [1.807, 2.05) is 19.1 Å². The second-order valence-corrected chi connectivity index (χ2v) is 3.93. The lowest BCUT2D eigenvalue weighted by Gasteiger charge is -2.13. The van der Waals surface area contributed by atoms with Crippen molar-refractivity contribution in [1.29, 1.82) is 0 Å². The van der Waals surface area contributed by atoms with Gasteiger partial charge >= 0.3 is 0 Å². The first kappa shape index (κ1) is 13.1. The molecule has 1 heterocycles. The van der Waals surface area contributed by atoms with Crippen molar-refractivity contribution >= 4 is 5.95 Å². The van der Waals surface area contributed by atoms with E-state index in [0.29, 0.717) is 11.7 Å². The van der Waals surface area contributed by atoms with Crippen LogP contribution in [0, 0.1) is 6.92 Å². The van der Waals surface area contributed by atoms with Crippen molar-refractivity contribution in [2.45, 2.75) is 6.92 Å². The lowest BCUT2D eigenvalue weighted by Crippen LogP contribution is -2.10. The van der Waals surface area contributed by atoms with Gasteiger partial charge in [-0.3, -0.25) is 5.43 Å². The first-order valence-electron chi connectivity index (χ1n) is 5.72. The molecule has 0 bridgehead atoms. The Kier molecular flexibility index (Phi) is 3.82. The molecule has 0 fully saturated rings. The van der Waals surface area contributed by atoms with E-state index < -0.39 is 0 Å². The van der Waals surface area contributed by atoms with Gasteiger partial charge in [0.25, 0.3) is 0 Å². The van der Waals surface area contributed by atoms with Crippen LogP contribution in [0.25, 0.3) is 11.3 Å². The number of ether oxygens (including phenoxy) is 2. The second-order valence-electron chi connectivity index (χ2n) is 3.93. The third-order valence-corrected chi connectivity index (χ3v) is 2.77. The zero-order valence-electron chi connectivity index (χ0n) is 11.1. The molecular formula is C13H16N4O2. The minimum atomic E-state index is 0.356. The van der Waals surface area contributed by atoms with Gasteiger partial charge in [0.15, 0.2) is 0 Å². The van der Waals surface area contributed by atoms with E-state index in [2.05, 4.69) is 15.4 Å². The summed E-state index contributed by atoms with van der Waals surface area (Å²) in [7, 11) is 3.23. The molecule has 2 aromatic rings. The predicted molar refractivity (Wildman–Crippen MR) is 73.1 cm³/mol. The summed E-state index contributed by atoms with van der Waals surface area (Å²) in [5.74, 6) is 7.11. The molecule has 0 spiro atoms. The number of hydrazine groups is 1. The molecule has 100 valence electrons. The van der Waals surface area contributed by atoms with E-state index in [9.17, 15) is 0 Å². The number of anilines is 1. The van der Waals surface area contributed by atoms with E-state index in [4.69, 9.17) is 15.3 Å². The SMILES string of the molecule is COc1cc(C)c(-c2ccnc(NN)n2)c(OC)c1. The minimum absolute atomic E-state index is 0.356. The molecule has 19 heavy (non-hydrogen) atoms. The van der Waals surface area contributed by atoms with E-state index >= 15 is 0 Å². The number of benzene rings is 1. The normalized spacial score (nSPS) is 10.1. The number of aryl methyl sites for hydroxylation is 1. The van der Waals surface area contributed by atoms with Crippen LogP contribution < -0.4 is 20.7 Å².